The lowest BCUT2D eigenvalue weighted by molar-refractivity contribution is 0.0952. The molecule has 0 atom stereocenters. The number of nitrogens with zero attached hydrogens (tertiary/aromatic N) is 3. The van der Waals surface area contributed by atoms with Gasteiger partial charge in [-0.15, -0.1) is 0 Å². The van der Waals surface area contributed by atoms with E-state index in [4.69, 9.17) is 5.73 Å². The van der Waals surface area contributed by atoms with Crippen LogP contribution in [0.2, 0.25) is 0 Å². The third kappa shape index (κ3) is 3.30. The van der Waals surface area contributed by atoms with Gasteiger partial charge in [-0.25, -0.2) is 9.97 Å². The summed E-state index contributed by atoms with van der Waals surface area (Å²) in [6, 6.07) is 13.0. The Hall–Kier alpha value is -3.41. The molecule has 4 aromatic rings. The van der Waals surface area contributed by atoms with E-state index in [9.17, 15) is 4.79 Å². The molecular weight excluding hydrogens is 398 g/mol. The molecule has 2 aliphatic carbocycles. The molecule has 2 aromatic carbocycles. The van der Waals surface area contributed by atoms with Gasteiger partial charge in [0.15, 0.2) is 0 Å². The minimum Gasteiger partial charge on any atom is -0.383 e. The van der Waals surface area contributed by atoms with E-state index in [1.807, 2.05) is 12.1 Å². The first-order valence-electron chi connectivity index (χ1n) is 11.6. The number of aromatic nitrogens is 3. The number of carbonyl (C=O) groups is 1. The second-order valence-electron chi connectivity index (χ2n) is 9.19. The van der Waals surface area contributed by atoms with Gasteiger partial charge < -0.3 is 15.6 Å². The second-order valence-corrected chi connectivity index (χ2v) is 9.19. The number of nitrogen functional groups attached to an aromatic ring is 1. The van der Waals surface area contributed by atoms with Gasteiger partial charge in [0.25, 0.3) is 5.91 Å². The van der Waals surface area contributed by atoms with Crippen molar-refractivity contribution in [1.29, 1.82) is 0 Å². The number of fused-ring (bicyclic) bond motifs is 2. The van der Waals surface area contributed by atoms with Crippen LogP contribution >= 0.6 is 0 Å². The zero-order chi connectivity index (χ0) is 21.7. The fourth-order valence-electron chi connectivity index (χ4n) is 5.10. The van der Waals surface area contributed by atoms with Crippen LogP contribution in [-0.2, 0) is 0 Å². The van der Waals surface area contributed by atoms with Crippen LogP contribution in [0.5, 0.6) is 0 Å². The number of anilines is 1. The highest BCUT2D eigenvalue weighted by molar-refractivity contribution is 6.09. The fraction of sp³-hybridized carbons (Fsp3) is 0.346. The third-order valence-electron chi connectivity index (χ3n) is 6.96. The Morgan fingerprint density at radius 2 is 1.88 bits per heavy atom. The number of hydrogen-bond donors (Lipinski definition) is 2. The summed E-state index contributed by atoms with van der Waals surface area (Å²) in [6.07, 6.45) is 12.1. The lowest BCUT2D eigenvalue weighted by atomic mass is 9.95. The van der Waals surface area contributed by atoms with Crippen LogP contribution in [0, 0.1) is 0 Å². The van der Waals surface area contributed by atoms with E-state index in [1.165, 1.54) is 32.1 Å². The molecule has 2 saturated carbocycles. The highest BCUT2D eigenvalue weighted by Crippen LogP contribution is 2.39. The Morgan fingerprint density at radius 3 is 2.69 bits per heavy atom. The quantitative estimate of drug-likeness (QED) is 0.469. The van der Waals surface area contributed by atoms with Crippen molar-refractivity contribution in [2.45, 2.75) is 57.0 Å². The lowest BCUT2D eigenvalue weighted by Crippen LogP contribution is -2.25. The van der Waals surface area contributed by atoms with Gasteiger partial charge in [-0.3, -0.25) is 4.79 Å². The number of hydrogen-bond acceptors (Lipinski definition) is 4. The Balaban J connectivity index is 1.47. The van der Waals surface area contributed by atoms with Gasteiger partial charge >= 0.3 is 0 Å². The van der Waals surface area contributed by atoms with Gasteiger partial charge in [0, 0.05) is 29.4 Å². The summed E-state index contributed by atoms with van der Waals surface area (Å²) in [6.45, 7) is 0. The van der Waals surface area contributed by atoms with Gasteiger partial charge in [-0.2, -0.15) is 0 Å². The van der Waals surface area contributed by atoms with Crippen LogP contribution in [0.25, 0.3) is 32.9 Å². The van der Waals surface area contributed by atoms with E-state index in [0.717, 1.165) is 51.3 Å². The minimum atomic E-state index is 0.0115. The lowest BCUT2D eigenvalue weighted by Gasteiger charge is -2.23. The molecule has 0 spiro atoms. The number of nitrogens with two attached hydrogens (primary N) is 1. The molecule has 1 amide bonds. The summed E-state index contributed by atoms with van der Waals surface area (Å²) in [5.74, 6) is 0.523. The zero-order valence-electron chi connectivity index (χ0n) is 18.1. The largest absolute Gasteiger partial charge is 0.383 e. The zero-order valence-corrected chi connectivity index (χ0v) is 18.1. The summed E-state index contributed by atoms with van der Waals surface area (Å²) in [7, 11) is 0. The van der Waals surface area contributed by atoms with Crippen LogP contribution < -0.4 is 11.1 Å². The average Bonchev–Trinajstić information content (AvgIpc) is 3.55. The predicted octanol–water partition coefficient (Wildman–Crippen LogP) is 5.23. The van der Waals surface area contributed by atoms with Crippen molar-refractivity contribution in [2.75, 3.05) is 5.73 Å². The van der Waals surface area contributed by atoms with Crippen LogP contribution in [0.4, 0.5) is 5.82 Å². The highest BCUT2D eigenvalue weighted by Gasteiger charge is 2.25. The number of amides is 1. The molecule has 0 radical (unpaired) electrons. The Labute approximate surface area is 186 Å². The number of rotatable bonds is 4. The van der Waals surface area contributed by atoms with Gasteiger partial charge in [0.1, 0.15) is 17.8 Å². The highest BCUT2D eigenvalue weighted by atomic mass is 16.1. The van der Waals surface area contributed by atoms with Crippen molar-refractivity contribution in [1.82, 2.24) is 19.9 Å². The van der Waals surface area contributed by atoms with E-state index in [-0.39, 0.29) is 5.91 Å². The van der Waals surface area contributed by atoms with E-state index in [1.54, 1.807) is 6.33 Å². The standard InChI is InChI=1S/C26H27N5O/c27-24-23-22(14-31(25(23)29-15-28-24)19-6-2-1-3-7-19)17-9-12-20-16(13-17)5-4-8-21(20)26(32)30-18-10-11-18/h4-5,8-9,12-15,18-19H,1-3,6-7,10-11H2,(H,30,32)(H2,27,28,29). The molecule has 2 fully saturated rings. The maximum atomic E-state index is 12.7. The van der Waals surface area contributed by atoms with Crippen molar-refractivity contribution in [3.05, 3.63) is 54.5 Å². The smallest absolute Gasteiger partial charge is 0.252 e. The SMILES string of the molecule is Nc1ncnc2c1c(-c1ccc3c(C(=O)NC4CC4)cccc3c1)cn2C1CCCCC1. The maximum absolute atomic E-state index is 12.7. The summed E-state index contributed by atoms with van der Waals surface area (Å²) < 4.78 is 2.31. The normalized spacial score (nSPS) is 17.1. The van der Waals surface area contributed by atoms with Gasteiger partial charge in [-0.05, 0) is 54.2 Å². The Kier molecular flexibility index (Phi) is 4.59. The molecule has 0 unspecified atom stereocenters. The van der Waals surface area contributed by atoms with Crippen molar-refractivity contribution in [3.63, 3.8) is 0 Å². The van der Waals surface area contributed by atoms with Crippen LogP contribution in [-0.4, -0.2) is 26.5 Å². The van der Waals surface area contributed by atoms with E-state index in [2.05, 4.69) is 50.3 Å². The van der Waals surface area contributed by atoms with Crippen molar-refractivity contribution in [2.24, 2.45) is 0 Å². The first-order chi connectivity index (χ1) is 15.7. The van der Waals surface area contributed by atoms with Crippen LogP contribution in [0.15, 0.2) is 48.9 Å². The molecule has 2 aromatic heterocycles. The molecular formula is C26H27N5O. The van der Waals surface area contributed by atoms with Crippen molar-refractivity contribution >= 4 is 33.5 Å². The summed E-state index contributed by atoms with van der Waals surface area (Å²) in [4.78, 5) is 21.6. The molecule has 0 saturated heterocycles. The topological polar surface area (TPSA) is 85.8 Å². The molecule has 6 rings (SSSR count). The van der Waals surface area contributed by atoms with E-state index >= 15 is 0 Å². The van der Waals surface area contributed by atoms with Crippen molar-refractivity contribution < 1.29 is 4.79 Å². The predicted molar refractivity (Wildman–Crippen MR) is 127 cm³/mol. The number of nitrogens with one attached hydrogen (secondary N) is 1. The number of benzene rings is 2. The van der Waals surface area contributed by atoms with Gasteiger partial charge in [-0.1, -0.05) is 43.5 Å². The van der Waals surface area contributed by atoms with E-state index < -0.39 is 0 Å². The molecule has 2 heterocycles. The van der Waals surface area contributed by atoms with Crippen LogP contribution in [0.3, 0.4) is 0 Å². The van der Waals surface area contributed by atoms with Crippen molar-refractivity contribution in [3.8, 4) is 11.1 Å². The fourth-order valence-corrected chi connectivity index (χ4v) is 5.10. The molecule has 162 valence electrons. The van der Waals surface area contributed by atoms with Gasteiger partial charge in [0.2, 0.25) is 0 Å². The average molecular weight is 426 g/mol. The summed E-state index contributed by atoms with van der Waals surface area (Å²) in [5, 5.41) is 6.03. The molecule has 2 aliphatic rings. The summed E-state index contributed by atoms with van der Waals surface area (Å²) >= 11 is 0. The Bertz CT molecular complexity index is 1330. The first kappa shape index (κ1) is 19.3. The second kappa shape index (κ2) is 7.62. The summed E-state index contributed by atoms with van der Waals surface area (Å²) in [5.41, 5.74) is 10.1. The molecule has 3 N–H and O–H groups in total. The molecule has 32 heavy (non-hydrogen) atoms. The van der Waals surface area contributed by atoms with Crippen LogP contribution in [0.1, 0.15) is 61.3 Å². The molecule has 0 aliphatic heterocycles. The maximum Gasteiger partial charge on any atom is 0.252 e. The molecule has 6 heteroatoms. The first-order valence-corrected chi connectivity index (χ1v) is 11.6. The monoisotopic (exact) mass is 425 g/mol. The minimum absolute atomic E-state index is 0.0115. The third-order valence-corrected chi connectivity index (χ3v) is 6.96. The molecule has 6 nitrogen and oxygen atoms in total. The number of carbonyl (C=O) groups excluding carboxylic acids is 1. The Morgan fingerprint density at radius 1 is 1.03 bits per heavy atom. The van der Waals surface area contributed by atoms with E-state index in [0.29, 0.717) is 17.9 Å². The van der Waals surface area contributed by atoms with Gasteiger partial charge in [0.05, 0.1) is 5.39 Å². The molecule has 0 bridgehead atoms.